The van der Waals surface area contributed by atoms with E-state index in [1.54, 1.807) is 0 Å². The first-order valence-electron chi connectivity index (χ1n) is 3.73. The quantitative estimate of drug-likeness (QED) is 0.784. The van der Waals surface area contributed by atoms with Crippen LogP contribution in [-0.4, -0.2) is 10.1 Å². The van der Waals surface area contributed by atoms with Crippen molar-refractivity contribution in [3.63, 3.8) is 0 Å². The summed E-state index contributed by atoms with van der Waals surface area (Å²) in [5.74, 6) is 1.09. The first kappa shape index (κ1) is 8.71. The van der Waals surface area contributed by atoms with Crippen LogP contribution in [0.15, 0.2) is 9.26 Å². The van der Waals surface area contributed by atoms with Gasteiger partial charge in [-0.05, 0) is 27.5 Å². The molecule has 62 valence electrons. The maximum absolute atomic E-state index is 4.97. The fourth-order valence-electron chi connectivity index (χ4n) is 0.973. The second-order valence-corrected chi connectivity index (χ2v) is 3.30. The predicted octanol–water partition coefficient (Wildman–Crippen LogP) is 2.74. The van der Waals surface area contributed by atoms with Crippen LogP contribution in [0.25, 0.3) is 0 Å². The number of nitrogens with zero attached hydrogens (tertiary/aromatic N) is 2. The molecule has 0 aliphatic heterocycles. The molecule has 1 heterocycles. The van der Waals surface area contributed by atoms with E-state index in [0.717, 1.165) is 18.7 Å². The summed E-state index contributed by atoms with van der Waals surface area (Å²) in [6.07, 6.45) is 2.23. The molecule has 1 rings (SSSR count). The van der Waals surface area contributed by atoms with Gasteiger partial charge in [0.05, 0.1) is 0 Å². The molecule has 0 radical (unpaired) electrons. The summed E-state index contributed by atoms with van der Waals surface area (Å²) in [6, 6.07) is 0. The highest BCUT2D eigenvalue weighted by Gasteiger charge is 2.11. The van der Waals surface area contributed by atoms with Crippen LogP contribution in [0.2, 0.25) is 0 Å². The Morgan fingerprint density at radius 1 is 1.64 bits per heavy atom. The molecule has 0 spiro atoms. The molecule has 3 nitrogen and oxygen atoms in total. The first-order valence-corrected chi connectivity index (χ1v) is 4.52. The molecule has 1 unspecified atom stereocenters. The number of hydrogen-bond donors (Lipinski definition) is 0. The lowest BCUT2D eigenvalue weighted by molar-refractivity contribution is 0.350. The van der Waals surface area contributed by atoms with Gasteiger partial charge in [0.1, 0.15) is 0 Å². The summed E-state index contributed by atoms with van der Waals surface area (Å²) >= 11 is 3.14. The molecular formula is C7H11BrN2O. The Hall–Kier alpha value is -0.380. The average Bonchev–Trinajstić information content (AvgIpc) is 2.36. The second kappa shape index (κ2) is 3.85. The van der Waals surface area contributed by atoms with Gasteiger partial charge in [-0.25, -0.2) is 0 Å². The summed E-state index contributed by atoms with van der Waals surface area (Å²) in [5.41, 5.74) is 0. The molecule has 1 aromatic rings. The topological polar surface area (TPSA) is 38.9 Å². The second-order valence-electron chi connectivity index (χ2n) is 2.59. The van der Waals surface area contributed by atoms with E-state index in [1.165, 1.54) is 0 Å². The number of hydrogen-bond acceptors (Lipinski definition) is 3. The minimum Gasteiger partial charge on any atom is -0.338 e. The predicted molar refractivity (Wildman–Crippen MR) is 45.3 cm³/mol. The molecule has 0 fully saturated rings. The summed E-state index contributed by atoms with van der Waals surface area (Å²) in [7, 11) is 0. The third kappa shape index (κ3) is 2.29. The summed E-state index contributed by atoms with van der Waals surface area (Å²) in [6.45, 7) is 4.23. The average molecular weight is 219 g/mol. The van der Waals surface area contributed by atoms with Gasteiger partial charge in [0, 0.05) is 5.92 Å². The summed E-state index contributed by atoms with van der Waals surface area (Å²) < 4.78 is 5.51. The smallest absolute Gasteiger partial charge is 0.238 e. The van der Waals surface area contributed by atoms with Crippen molar-refractivity contribution in [2.24, 2.45) is 0 Å². The van der Waals surface area contributed by atoms with Gasteiger partial charge < -0.3 is 4.52 Å². The van der Waals surface area contributed by atoms with Gasteiger partial charge in [-0.2, -0.15) is 4.98 Å². The maximum Gasteiger partial charge on any atom is 0.238 e. The minimum absolute atomic E-state index is 0.374. The summed E-state index contributed by atoms with van der Waals surface area (Å²) in [4.78, 5) is 4.07. The fraction of sp³-hybridized carbons (Fsp3) is 0.714. The van der Waals surface area contributed by atoms with E-state index in [4.69, 9.17) is 4.52 Å². The van der Waals surface area contributed by atoms with E-state index in [2.05, 4.69) is 39.9 Å². The monoisotopic (exact) mass is 218 g/mol. The lowest BCUT2D eigenvalue weighted by atomic mass is 10.1. The fourth-order valence-corrected chi connectivity index (χ4v) is 1.22. The Morgan fingerprint density at radius 3 is 2.82 bits per heavy atom. The van der Waals surface area contributed by atoms with Crippen LogP contribution >= 0.6 is 15.9 Å². The Morgan fingerprint density at radius 2 is 2.36 bits per heavy atom. The zero-order valence-corrected chi connectivity index (χ0v) is 8.26. The lowest BCUT2D eigenvalue weighted by Gasteiger charge is -2.01. The highest BCUT2D eigenvalue weighted by molar-refractivity contribution is 9.10. The minimum atomic E-state index is 0.374. The molecule has 0 aromatic carbocycles. The molecule has 0 amide bonds. The highest BCUT2D eigenvalue weighted by Crippen LogP contribution is 2.19. The Balaban J connectivity index is 2.60. The van der Waals surface area contributed by atoms with Crippen LogP contribution in [0.5, 0.6) is 0 Å². The van der Waals surface area contributed by atoms with Gasteiger partial charge in [0.2, 0.25) is 10.6 Å². The van der Waals surface area contributed by atoms with Crippen molar-refractivity contribution in [3.05, 3.63) is 10.6 Å². The standard InChI is InChI=1S/C7H11BrN2O/c1-3-4-5(2)6-9-7(8)10-11-6/h5H,3-4H2,1-2H3. The van der Waals surface area contributed by atoms with Crippen LogP contribution in [0.3, 0.4) is 0 Å². The molecule has 0 aliphatic rings. The molecule has 0 aliphatic carbocycles. The molecule has 11 heavy (non-hydrogen) atoms. The van der Waals surface area contributed by atoms with Gasteiger partial charge in [0.15, 0.2) is 0 Å². The van der Waals surface area contributed by atoms with Crippen LogP contribution < -0.4 is 0 Å². The molecule has 1 atom stereocenters. The van der Waals surface area contributed by atoms with Crippen molar-refractivity contribution in [2.75, 3.05) is 0 Å². The van der Waals surface area contributed by atoms with Gasteiger partial charge in [-0.15, -0.1) is 0 Å². The van der Waals surface area contributed by atoms with Crippen molar-refractivity contribution < 1.29 is 4.52 Å². The number of aromatic nitrogens is 2. The normalized spacial score (nSPS) is 13.4. The van der Waals surface area contributed by atoms with E-state index in [9.17, 15) is 0 Å². The SMILES string of the molecule is CCCC(C)c1nc(Br)no1. The number of halogens is 1. The molecule has 0 N–H and O–H groups in total. The molecule has 4 heteroatoms. The third-order valence-electron chi connectivity index (χ3n) is 1.56. The molecular weight excluding hydrogens is 208 g/mol. The van der Waals surface area contributed by atoms with Gasteiger partial charge >= 0.3 is 0 Å². The molecule has 0 saturated carbocycles. The van der Waals surface area contributed by atoms with E-state index in [0.29, 0.717) is 10.7 Å². The van der Waals surface area contributed by atoms with Crippen LogP contribution in [-0.2, 0) is 0 Å². The largest absolute Gasteiger partial charge is 0.338 e. The summed E-state index contributed by atoms with van der Waals surface area (Å²) in [5, 5.41) is 3.65. The highest BCUT2D eigenvalue weighted by atomic mass is 79.9. The van der Waals surface area contributed by atoms with Gasteiger partial charge in [0.25, 0.3) is 0 Å². The van der Waals surface area contributed by atoms with Gasteiger partial charge in [-0.1, -0.05) is 20.3 Å². The first-order chi connectivity index (χ1) is 5.24. The van der Waals surface area contributed by atoms with Crippen molar-refractivity contribution in [3.8, 4) is 0 Å². The zero-order chi connectivity index (χ0) is 8.27. The Kier molecular flexibility index (Phi) is 3.05. The van der Waals surface area contributed by atoms with Crippen LogP contribution in [0.1, 0.15) is 38.5 Å². The van der Waals surface area contributed by atoms with Crippen LogP contribution in [0, 0.1) is 0 Å². The number of rotatable bonds is 3. The van der Waals surface area contributed by atoms with Crippen molar-refractivity contribution >= 4 is 15.9 Å². The lowest BCUT2D eigenvalue weighted by Crippen LogP contribution is -1.92. The molecule has 0 bridgehead atoms. The van der Waals surface area contributed by atoms with E-state index in [1.807, 2.05) is 0 Å². The van der Waals surface area contributed by atoms with Crippen LogP contribution in [0.4, 0.5) is 0 Å². The van der Waals surface area contributed by atoms with E-state index >= 15 is 0 Å². The Bertz CT molecular complexity index is 224. The van der Waals surface area contributed by atoms with E-state index < -0.39 is 0 Å². The van der Waals surface area contributed by atoms with Gasteiger partial charge in [-0.3, -0.25) is 0 Å². The maximum atomic E-state index is 4.97. The van der Waals surface area contributed by atoms with Crippen molar-refractivity contribution in [1.82, 2.24) is 10.1 Å². The zero-order valence-electron chi connectivity index (χ0n) is 6.67. The molecule has 1 aromatic heterocycles. The van der Waals surface area contributed by atoms with Crippen molar-refractivity contribution in [1.29, 1.82) is 0 Å². The molecule has 0 saturated heterocycles. The van der Waals surface area contributed by atoms with Crippen molar-refractivity contribution in [2.45, 2.75) is 32.6 Å². The Labute approximate surface area is 74.3 Å². The third-order valence-corrected chi connectivity index (χ3v) is 1.88. The van der Waals surface area contributed by atoms with E-state index in [-0.39, 0.29) is 0 Å².